The van der Waals surface area contributed by atoms with Gasteiger partial charge in [-0.1, -0.05) is 13.0 Å². The van der Waals surface area contributed by atoms with Gasteiger partial charge in [-0.05, 0) is 18.2 Å². The van der Waals surface area contributed by atoms with Crippen LogP contribution in [0.25, 0.3) is 0 Å². The summed E-state index contributed by atoms with van der Waals surface area (Å²) in [5.74, 6) is 0.912. The number of benzene rings is 1. The Balaban J connectivity index is 2.31. The van der Waals surface area contributed by atoms with Gasteiger partial charge < -0.3 is 14.8 Å². The quantitative estimate of drug-likeness (QED) is 0.571. The molecule has 4 heteroatoms. The largest absolute Gasteiger partial charge is 0.497 e. The normalized spacial score (nSPS) is 12.4. The summed E-state index contributed by atoms with van der Waals surface area (Å²) in [5.41, 5.74) is 0. The van der Waals surface area contributed by atoms with Crippen LogP contribution in [-0.4, -0.2) is 39.2 Å². The van der Waals surface area contributed by atoms with E-state index in [0.29, 0.717) is 5.25 Å². The minimum absolute atomic E-state index is 0.527. The summed E-state index contributed by atoms with van der Waals surface area (Å²) < 4.78 is 10.2. The third-order valence-corrected chi connectivity index (χ3v) is 3.39. The molecule has 1 rings (SSSR count). The summed E-state index contributed by atoms with van der Waals surface area (Å²) in [4.78, 5) is 1.24. The topological polar surface area (TPSA) is 30.5 Å². The van der Waals surface area contributed by atoms with Crippen molar-refractivity contribution < 1.29 is 9.47 Å². The van der Waals surface area contributed by atoms with Crippen molar-refractivity contribution >= 4 is 11.8 Å². The van der Waals surface area contributed by atoms with Gasteiger partial charge in [0.1, 0.15) is 5.75 Å². The highest BCUT2D eigenvalue weighted by molar-refractivity contribution is 8.00. The van der Waals surface area contributed by atoms with Crippen molar-refractivity contribution in [2.75, 3.05) is 33.9 Å². The zero-order valence-electron chi connectivity index (χ0n) is 10.7. The molecule has 1 N–H and O–H groups in total. The highest BCUT2D eigenvalue weighted by Crippen LogP contribution is 2.26. The van der Waals surface area contributed by atoms with Crippen molar-refractivity contribution in [2.24, 2.45) is 0 Å². The monoisotopic (exact) mass is 255 g/mol. The Kier molecular flexibility index (Phi) is 7.08. The van der Waals surface area contributed by atoms with E-state index >= 15 is 0 Å². The van der Waals surface area contributed by atoms with Gasteiger partial charge in [-0.15, -0.1) is 11.8 Å². The van der Waals surface area contributed by atoms with E-state index in [4.69, 9.17) is 9.47 Å². The number of nitrogens with one attached hydrogen (secondary N) is 1. The molecule has 0 aliphatic heterocycles. The average molecular weight is 255 g/mol. The van der Waals surface area contributed by atoms with Gasteiger partial charge in [0.05, 0.1) is 13.7 Å². The molecule has 0 saturated carbocycles. The first-order chi connectivity index (χ1) is 8.26. The third kappa shape index (κ3) is 5.96. The maximum atomic E-state index is 5.20. The number of hydrogen-bond donors (Lipinski definition) is 1. The zero-order valence-corrected chi connectivity index (χ0v) is 11.5. The first-order valence-electron chi connectivity index (χ1n) is 5.76. The fourth-order valence-electron chi connectivity index (χ4n) is 1.43. The second-order valence-corrected chi connectivity index (χ2v) is 5.32. The van der Waals surface area contributed by atoms with Gasteiger partial charge in [0.15, 0.2) is 0 Å². The van der Waals surface area contributed by atoms with E-state index in [1.807, 2.05) is 23.9 Å². The SMILES string of the molecule is COCCNCC(C)Sc1cccc(OC)c1. The Morgan fingerprint density at radius 3 is 2.88 bits per heavy atom. The van der Waals surface area contributed by atoms with E-state index in [9.17, 15) is 0 Å². The fourth-order valence-corrected chi connectivity index (χ4v) is 2.44. The molecule has 0 radical (unpaired) electrons. The van der Waals surface area contributed by atoms with Crippen molar-refractivity contribution in [1.82, 2.24) is 5.32 Å². The van der Waals surface area contributed by atoms with E-state index in [1.165, 1.54) is 4.90 Å². The summed E-state index contributed by atoms with van der Waals surface area (Å²) >= 11 is 1.85. The summed E-state index contributed by atoms with van der Waals surface area (Å²) in [6.45, 7) is 4.85. The minimum Gasteiger partial charge on any atom is -0.497 e. The molecule has 1 unspecified atom stereocenters. The predicted molar refractivity (Wildman–Crippen MR) is 73.1 cm³/mol. The van der Waals surface area contributed by atoms with Gasteiger partial charge in [-0.3, -0.25) is 0 Å². The average Bonchev–Trinajstić information content (AvgIpc) is 2.35. The molecule has 1 aromatic carbocycles. The number of thioether (sulfide) groups is 1. The molecule has 0 amide bonds. The molecular weight excluding hydrogens is 234 g/mol. The van der Waals surface area contributed by atoms with Gasteiger partial charge >= 0.3 is 0 Å². The molecule has 1 aromatic rings. The number of ether oxygens (including phenoxy) is 2. The lowest BCUT2D eigenvalue weighted by Crippen LogP contribution is -2.26. The first kappa shape index (κ1) is 14.4. The van der Waals surface area contributed by atoms with Gasteiger partial charge in [-0.25, -0.2) is 0 Å². The Bertz CT molecular complexity index is 320. The Hall–Kier alpha value is -0.710. The highest BCUT2D eigenvalue weighted by atomic mass is 32.2. The molecule has 0 spiro atoms. The summed E-state index contributed by atoms with van der Waals surface area (Å²) in [7, 11) is 3.41. The lowest BCUT2D eigenvalue weighted by Gasteiger charge is -2.12. The third-order valence-electron chi connectivity index (χ3n) is 2.29. The minimum atomic E-state index is 0.527. The molecule has 0 saturated heterocycles. The second-order valence-electron chi connectivity index (χ2n) is 3.80. The zero-order chi connectivity index (χ0) is 12.5. The second kappa shape index (κ2) is 8.39. The van der Waals surface area contributed by atoms with Gasteiger partial charge in [-0.2, -0.15) is 0 Å². The van der Waals surface area contributed by atoms with E-state index in [1.54, 1.807) is 14.2 Å². The van der Waals surface area contributed by atoms with Gasteiger partial charge in [0.25, 0.3) is 0 Å². The maximum Gasteiger partial charge on any atom is 0.119 e. The molecule has 96 valence electrons. The lowest BCUT2D eigenvalue weighted by molar-refractivity contribution is 0.199. The molecule has 0 aromatic heterocycles. The Labute approximate surface area is 108 Å². The van der Waals surface area contributed by atoms with Crippen LogP contribution in [0.2, 0.25) is 0 Å². The van der Waals surface area contributed by atoms with Crippen LogP contribution in [-0.2, 0) is 4.74 Å². The maximum absolute atomic E-state index is 5.20. The van der Waals surface area contributed by atoms with Crippen LogP contribution in [0.4, 0.5) is 0 Å². The van der Waals surface area contributed by atoms with Crippen LogP contribution in [0.15, 0.2) is 29.2 Å². The number of methoxy groups -OCH3 is 2. The summed E-state index contributed by atoms with van der Waals surface area (Å²) in [5, 5.41) is 3.88. The van der Waals surface area contributed by atoms with Crippen molar-refractivity contribution in [2.45, 2.75) is 17.1 Å². The molecule has 1 atom stereocenters. The molecule has 0 aliphatic carbocycles. The van der Waals surface area contributed by atoms with E-state index < -0.39 is 0 Å². The summed E-state index contributed by atoms with van der Waals surface area (Å²) in [6.07, 6.45) is 0. The molecule has 0 aliphatic rings. The molecular formula is C13H21NO2S. The van der Waals surface area contributed by atoms with Crippen molar-refractivity contribution in [3.05, 3.63) is 24.3 Å². The number of hydrogen-bond acceptors (Lipinski definition) is 4. The van der Waals surface area contributed by atoms with Crippen molar-refractivity contribution in [3.63, 3.8) is 0 Å². The van der Waals surface area contributed by atoms with Crippen LogP contribution < -0.4 is 10.1 Å². The molecule has 0 heterocycles. The van der Waals surface area contributed by atoms with E-state index in [0.717, 1.165) is 25.4 Å². The van der Waals surface area contributed by atoms with Gasteiger partial charge in [0, 0.05) is 30.3 Å². The fraction of sp³-hybridized carbons (Fsp3) is 0.538. The van der Waals surface area contributed by atoms with Crippen LogP contribution in [0, 0.1) is 0 Å². The lowest BCUT2D eigenvalue weighted by atomic mass is 10.3. The standard InChI is InChI=1S/C13H21NO2S/c1-11(10-14-7-8-15-2)17-13-6-4-5-12(9-13)16-3/h4-6,9,11,14H,7-8,10H2,1-3H3. The molecule has 3 nitrogen and oxygen atoms in total. The van der Waals surface area contributed by atoms with Crippen LogP contribution in [0.5, 0.6) is 5.75 Å². The van der Waals surface area contributed by atoms with Crippen molar-refractivity contribution in [1.29, 1.82) is 0 Å². The van der Waals surface area contributed by atoms with Crippen LogP contribution in [0.3, 0.4) is 0 Å². The Morgan fingerprint density at radius 1 is 1.35 bits per heavy atom. The van der Waals surface area contributed by atoms with E-state index in [-0.39, 0.29) is 0 Å². The molecule has 0 fully saturated rings. The van der Waals surface area contributed by atoms with Crippen LogP contribution >= 0.6 is 11.8 Å². The molecule has 0 bridgehead atoms. The van der Waals surface area contributed by atoms with Crippen LogP contribution in [0.1, 0.15) is 6.92 Å². The summed E-state index contributed by atoms with van der Waals surface area (Å²) in [6, 6.07) is 8.16. The molecule has 17 heavy (non-hydrogen) atoms. The van der Waals surface area contributed by atoms with Gasteiger partial charge in [0.2, 0.25) is 0 Å². The Morgan fingerprint density at radius 2 is 2.18 bits per heavy atom. The number of rotatable bonds is 8. The first-order valence-corrected chi connectivity index (χ1v) is 6.64. The highest BCUT2D eigenvalue weighted by Gasteiger charge is 2.04. The van der Waals surface area contributed by atoms with Crippen molar-refractivity contribution in [3.8, 4) is 5.75 Å². The van der Waals surface area contributed by atoms with E-state index in [2.05, 4.69) is 24.4 Å². The predicted octanol–water partition coefficient (Wildman–Crippen LogP) is 2.41. The smallest absolute Gasteiger partial charge is 0.119 e.